The van der Waals surface area contributed by atoms with Gasteiger partial charge in [0.2, 0.25) is 5.91 Å². The number of fused-ring (bicyclic) bond motifs is 1. The highest BCUT2D eigenvalue weighted by molar-refractivity contribution is 7.90. The van der Waals surface area contributed by atoms with Crippen LogP contribution < -0.4 is 4.74 Å². The van der Waals surface area contributed by atoms with Crippen molar-refractivity contribution in [1.29, 1.82) is 0 Å². The quantitative estimate of drug-likeness (QED) is 0.500. The van der Waals surface area contributed by atoms with Crippen molar-refractivity contribution < 1.29 is 22.7 Å². The molecular formula is C27H31N3O5S. The van der Waals surface area contributed by atoms with Crippen LogP contribution in [0.15, 0.2) is 47.8 Å². The summed E-state index contributed by atoms with van der Waals surface area (Å²) >= 11 is 0. The van der Waals surface area contributed by atoms with Gasteiger partial charge in [-0.1, -0.05) is 6.92 Å². The minimum Gasteiger partial charge on any atom is -0.488 e. The first-order valence-electron chi connectivity index (χ1n) is 12.4. The number of nitrogens with zero attached hydrogens (tertiary/aromatic N) is 3. The fourth-order valence-electron chi connectivity index (χ4n) is 5.10. The van der Waals surface area contributed by atoms with Crippen LogP contribution in [0.4, 0.5) is 0 Å². The minimum atomic E-state index is -3.40. The van der Waals surface area contributed by atoms with Crippen molar-refractivity contribution in [2.24, 2.45) is 5.92 Å². The lowest BCUT2D eigenvalue weighted by atomic mass is 9.99. The first-order valence-corrected chi connectivity index (χ1v) is 14.3. The molecule has 2 saturated heterocycles. The fourth-order valence-corrected chi connectivity index (χ4v) is 6.03. The first kappa shape index (κ1) is 24.6. The van der Waals surface area contributed by atoms with Crippen LogP contribution in [-0.4, -0.2) is 67.9 Å². The molecule has 3 aromatic rings. The molecule has 0 unspecified atom stereocenters. The Balaban J connectivity index is 1.38. The predicted octanol–water partition coefficient (Wildman–Crippen LogP) is 3.67. The smallest absolute Gasteiger partial charge is 0.225 e. The monoisotopic (exact) mass is 509 g/mol. The van der Waals surface area contributed by atoms with E-state index in [9.17, 15) is 13.2 Å². The second-order valence-electron chi connectivity index (χ2n) is 9.55. The molecule has 0 radical (unpaired) electrons. The van der Waals surface area contributed by atoms with Crippen LogP contribution in [0.5, 0.6) is 5.75 Å². The Morgan fingerprint density at radius 1 is 1.14 bits per heavy atom. The standard InChI is InChI=1S/C27H31N3O5S/c1-3-18-14-20(16-29-26(18)36(2,32)33)23-6-10-28-25-5-4-21(15-24(23)25)35-22-7-11-30(17-22)27(31)19-8-12-34-13-9-19/h4-6,10,14-16,19,22H,3,7-9,11-13,17H2,1-2H3/t22-/m0/s1. The molecule has 0 saturated carbocycles. The molecule has 8 nitrogen and oxygen atoms in total. The van der Waals surface area contributed by atoms with Crippen molar-refractivity contribution in [2.75, 3.05) is 32.6 Å². The molecule has 2 aromatic heterocycles. The van der Waals surface area contributed by atoms with Gasteiger partial charge in [-0.2, -0.15) is 0 Å². The average Bonchev–Trinajstić information content (AvgIpc) is 3.36. The summed E-state index contributed by atoms with van der Waals surface area (Å²) in [6, 6.07) is 9.60. The van der Waals surface area contributed by atoms with E-state index in [-0.39, 0.29) is 23.0 Å². The van der Waals surface area contributed by atoms with E-state index in [1.165, 1.54) is 6.26 Å². The number of sulfone groups is 1. The Hall–Kier alpha value is -3.04. The second kappa shape index (κ2) is 10.1. The number of pyridine rings is 2. The Bertz CT molecular complexity index is 1390. The Labute approximate surface area is 211 Å². The summed E-state index contributed by atoms with van der Waals surface area (Å²) in [5, 5.41) is 1.02. The number of aryl methyl sites for hydroxylation is 1. The van der Waals surface area contributed by atoms with Crippen LogP contribution in [0.3, 0.4) is 0 Å². The Morgan fingerprint density at radius 2 is 1.94 bits per heavy atom. The second-order valence-corrected chi connectivity index (χ2v) is 11.5. The summed E-state index contributed by atoms with van der Waals surface area (Å²) in [7, 11) is -3.40. The van der Waals surface area contributed by atoms with Crippen molar-refractivity contribution >= 4 is 26.6 Å². The number of ether oxygens (including phenoxy) is 2. The van der Waals surface area contributed by atoms with Crippen molar-refractivity contribution in [2.45, 2.75) is 43.7 Å². The van der Waals surface area contributed by atoms with Crippen molar-refractivity contribution in [3.63, 3.8) is 0 Å². The van der Waals surface area contributed by atoms with Crippen LogP contribution in [0.1, 0.15) is 31.7 Å². The number of benzene rings is 1. The molecule has 0 N–H and O–H groups in total. The molecule has 0 bridgehead atoms. The number of hydrogen-bond acceptors (Lipinski definition) is 7. The molecule has 190 valence electrons. The number of carbonyl (C=O) groups excluding carboxylic acids is 1. The molecule has 9 heteroatoms. The van der Waals surface area contributed by atoms with Crippen LogP contribution in [0.2, 0.25) is 0 Å². The topological polar surface area (TPSA) is 98.7 Å². The highest BCUT2D eigenvalue weighted by atomic mass is 32.2. The molecule has 5 rings (SSSR count). The zero-order valence-electron chi connectivity index (χ0n) is 20.6. The van der Waals surface area contributed by atoms with E-state index in [0.29, 0.717) is 38.3 Å². The number of rotatable bonds is 6. The van der Waals surface area contributed by atoms with Gasteiger partial charge in [-0.15, -0.1) is 0 Å². The normalized spacial score (nSPS) is 19.1. The summed E-state index contributed by atoms with van der Waals surface area (Å²) < 4.78 is 35.9. The van der Waals surface area contributed by atoms with E-state index >= 15 is 0 Å². The molecule has 2 fully saturated rings. The molecule has 2 aliphatic rings. The van der Waals surface area contributed by atoms with Crippen LogP contribution in [0, 0.1) is 5.92 Å². The SMILES string of the molecule is CCc1cc(-c2ccnc3ccc(O[C@H]4CCN(C(=O)C5CCOCC5)C4)cc23)cnc1S(C)(=O)=O. The number of hydrogen-bond donors (Lipinski definition) is 0. The molecule has 0 spiro atoms. The van der Waals surface area contributed by atoms with E-state index in [2.05, 4.69) is 9.97 Å². The minimum absolute atomic E-state index is 0.0579. The summed E-state index contributed by atoms with van der Waals surface area (Å²) in [6.45, 7) is 4.53. The zero-order chi connectivity index (χ0) is 25.3. The summed E-state index contributed by atoms with van der Waals surface area (Å²) in [5.41, 5.74) is 3.24. The zero-order valence-corrected chi connectivity index (χ0v) is 21.5. The van der Waals surface area contributed by atoms with Crippen molar-refractivity contribution in [3.8, 4) is 16.9 Å². The Morgan fingerprint density at radius 3 is 2.69 bits per heavy atom. The number of aromatic nitrogens is 2. The number of carbonyl (C=O) groups is 1. The molecule has 4 heterocycles. The van der Waals surface area contributed by atoms with Gasteiger partial charge in [-0.05, 0) is 60.7 Å². The maximum absolute atomic E-state index is 12.9. The molecule has 0 aliphatic carbocycles. The van der Waals surface area contributed by atoms with E-state index in [4.69, 9.17) is 9.47 Å². The Kier molecular flexibility index (Phi) is 6.94. The van der Waals surface area contributed by atoms with Gasteiger partial charge in [-0.25, -0.2) is 13.4 Å². The van der Waals surface area contributed by atoms with Gasteiger partial charge < -0.3 is 14.4 Å². The lowest BCUT2D eigenvalue weighted by Crippen LogP contribution is -2.38. The van der Waals surface area contributed by atoms with E-state index in [1.807, 2.05) is 42.2 Å². The maximum Gasteiger partial charge on any atom is 0.225 e. The van der Waals surface area contributed by atoms with Gasteiger partial charge in [0.05, 0.1) is 12.1 Å². The fraction of sp³-hybridized carbons (Fsp3) is 0.444. The third-order valence-electron chi connectivity index (χ3n) is 7.01. The van der Waals surface area contributed by atoms with Crippen LogP contribution >= 0.6 is 0 Å². The van der Waals surface area contributed by atoms with Gasteiger partial charge >= 0.3 is 0 Å². The third kappa shape index (κ3) is 5.08. The van der Waals surface area contributed by atoms with Crippen LogP contribution in [0.25, 0.3) is 22.0 Å². The summed E-state index contributed by atoms with van der Waals surface area (Å²) in [6.07, 6.45) is 7.41. The highest BCUT2D eigenvalue weighted by Crippen LogP contribution is 2.32. The van der Waals surface area contributed by atoms with Crippen molar-refractivity contribution in [1.82, 2.24) is 14.9 Å². The highest BCUT2D eigenvalue weighted by Gasteiger charge is 2.32. The maximum atomic E-state index is 12.9. The molecule has 2 aliphatic heterocycles. The van der Waals surface area contributed by atoms with Gasteiger partial charge in [0.1, 0.15) is 11.9 Å². The summed E-state index contributed by atoms with van der Waals surface area (Å²) in [5.74, 6) is 0.993. The van der Waals surface area contributed by atoms with E-state index in [0.717, 1.165) is 47.0 Å². The number of likely N-dealkylation sites (tertiary alicyclic amines) is 1. The van der Waals surface area contributed by atoms with Crippen molar-refractivity contribution in [3.05, 3.63) is 48.3 Å². The third-order valence-corrected chi connectivity index (χ3v) is 8.08. The van der Waals surface area contributed by atoms with Gasteiger partial charge in [0.25, 0.3) is 0 Å². The van der Waals surface area contributed by atoms with Crippen LogP contribution in [-0.2, 0) is 25.8 Å². The molecular weight excluding hydrogens is 478 g/mol. The average molecular weight is 510 g/mol. The van der Waals surface area contributed by atoms with E-state index in [1.54, 1.807) is 12.4 Å². The van der Waals surface area contributed by atoms with Gasteiger partial charge in [0, 0.05) is 61.7 Å². The lowest BCUT2D eigenvalue weighted by Gasteiger charge is -2.26. The number of amides is 1. The molecule has 36 heavy (non-hydrogen) atoms. The largest absolute Gasteiger partial charge is 0.488 e. The first-order chi connectivity index (χ1) is 17.3. The molecule has 1 atom stereocenters. The molecule has 1 aromatic carbocycles. The summed E-state index contributed by atoms with van der Waals surface area (Å²) in [4.78, 5) is 23.6. The van der Waals surface area contributed by atoms with Gasteiger partial charge in [0.15, 0.2) is 14.9 Å². The van der Waals surface area contributed by atoms with Gasteiger partial charge in [-0.3, -0.25) is 9.78 Å². The predicted molar refractivity (Wildman–Crippen MR) is 137 cm³/mol. The lowest BCUT2D eigenvalue weighted by molar-refractivity contribution is -0.137. The molecule has 1 amide bonds. The van der Waals surface area contributed by atoms with E-state index < -0.39 is 9.84 Å².